The van der Waals surface area contributed by atoms with Crippen LogP contribution in [0.25, 0.3) is 0 Å². The summed E-state index contributed by atoms with van der Waals surface area (Å²) in [6, 6.07) is 9.54. The summed E-state index contributed by atoms with van der Waals surface area (Å²) in [4.78, 5) is 12.3. The molecule has 0 fully saturated rings. The van der Waals surface area contributed by atoms with Gasteiger partial charge in [0.05, 0.1) is 18.7 Å². The van der Waals surface area contributed by atoms with Crippen molar-refractivity contribution in [3.63, 3.8) is 0 Å². The molecule has 1 unspecified atom stereocenters. The second-order valence-corrected chi connectivity index (χ2v) is 5.72. The molecule has 0 heterocycles. The molecule has 0 aliphatic heterocycles. The van der Waals surface area contributed by atoms with E-state index >= 15 is 0 Å². The Morgan fingerprint density at radius 3 is 2.61 bits per heavy atom. The Bertz CT molecular complexity index is 718. The summed E-state index contributed by atoms with van der Waals surface area (Å²) in [5, 5.41) is 3.12. The fraction of sp³-hybridized carbons (Fsp3) is 0.278. The summed E-state index contributed by atoms with van der Waals surface area (Å²) in [6.45, 7) is 3.90. The first-order valence-electron chi connectivity index (χ1n) is 7.36. The van der Waals surface area contributed by atoms with Crippen molar-refractivity contribution in [2.45, 2.75) is 26.3 Å². The second kappa shape index (κ2) is 7.47. The molecule has 0 aromatic heterocycles. The monoisotopic (exact) mass is 335 g/mol. The molecule has 0 spiro atoms. The number of rotatable bonds is 5. The van der Waals surface area contributed by atoms with Gasteiger partial charge in [0.25, 0.3) is 5.91 Å². The largest absolute Gasteiger partial charge is 0.496 e. The lowest BCUT2D eigenvalue weighted by Crippen LogP contribution is -2.29. The molecule has 0 bridgehead atoms. The van der Waals surface area contributed by atoms with E-state index in [1.165, 1.54) is 12.1 Å². The number of halogens is 2. The Morgan fingerprint density at radius 1 is 1.30 bits per heavy atom. The molecule has 2 aromatic carbocycles. The van der Waals surface area contributed by atoms with E-state index in [2.05, 4.69) is 5.32 Å². The third kappa shape index (κ3) is 4.02. The Hall–Kier alpha value is -2.07. The zero-order valence-corrected chi connectivity index (χ0v) is 14.1. The van der Waals surface area contributed by atoms with Gasteiger partial charge in [-0.25, -0.2) is 4.39 Å². The molecule has 5 heteroatoms. The zero-order chi connectivity index (χ0) is 17.0. The molecule has 0 aliphatic rings. The molecular weight excluding hydrogens is 317 g/mol. The van der Waals surface area contributed by atoms with E-state index in [0.717, 1.165) is 22.9 Å². The highest BCUT2D eigenvalue weighted by Crippen LogP contribution is 2.25. The summed E-state index contributed by atoms with van der Waals surface area (Å²) >= 11 is 5.71. The standard InChI is InChI=1S/C18H19ClFNO2/c1-4-16(12-5-8-17(23-3)11(2)9-12)21-18(22)14-7-6-13(19)10-15(14)20/h5-10,16H,4H2,1-3H3,(H,21,22). The van der Waals surface area contributed by atoms with Crippen LogP contribution in [0.2, 0.25) is 5.02 Å². The third-order valence-corrected chi connectivity index (χ3v) is 3.95. The van der Waals surface area contributed by atoms with Gasteiger partial charge >= 0.3 is 0 Å². The number of hydrogen-bond donors (Lipinski definition) is 1. The lowest BCUT2D eigenvalue weighted by molar-refractivity contribution is 0.0931. The molecule has 2 rings (SSSR count). The van der Waals surface area contributed by atoms with Crippen LogP contribution in [0, 0.1) is 12.7 Å². The molecule has 1 atom stereocenters. The van der Waals surface area contributed by atoms with Gasteiger partial charge in [-0.3, -0.25) is 4.79 Å². The molecule has 0 aliphatic carbocycles. The van der Waals surface area contributed by atoms with Crippen LogP contribution < -0.4 is 10.1 Å². The van der Waals surface area contributed by atoms with E-state index in [1.807, 2.05) is 32.0 Å². The molecule has 23 heavy (non-hydrogen) atoms. The minimum atomic E-state index is -0.629. The number of hydrogen-bond acceptors (Lipinski definition) is 2. The SMILES string of the molecule is CCC(NC(=O)c1ccc(Cl)cc1F)c1ccc(OC)c(C)c1. The molecule has 0 saturated heterocycles. The van der Waals surface area contributed by atoms with Gasteiger partial charge in [0.2, 0.25) is 0 Å². The van der Waals surface area contributed by atoms with E-state index in [1.54, 1.807) is 7.11 Å². The summed E-state index contributed by atoms with van der Waals surface area (Å²) in [7, 11) is 1.62. The average Bonchev–Trinajstić information content (AvgIpc) is 2.52. The maximum Gasteiger partial charge on any atom is 0.254 e. The molecule has 122 valence electrons. The van der Waals surface area contributed by atoms with E-state index in [-0.39, 0.29) is 16.6 Å². The van der Waals surface area contributed by atoms with Crippen molar-refractivity contribution in [1.82, 2.24) is 5.32 Å². The van der Waals surface area contributed by atoms with Crippen LogP contribution in [0.5, 0.6) is 5.75 Å². The quantitative estimate of drug-likeness (QED) is 0.861. The van der Waals surface area contributed by atoms with Crippen LogP contribution in [0.3, 0.4) is 0 Å². The number of amides is 1. The lowest BCUT2D eigenvalue weighted by Gasteiger charge is -2.19. The van der Waals surface area contributed by atoms with Gasteiger partial charge in [-0.1, -0.05) is 30.7 Å². The normalized spacial score (nSPS) is 11.9. The van der Waals surface area contributed by atoms with E-state index in [0.29, 0.717) is 6.42 Å². The van der Waals surface area contributed by atoms with Crippen LogP contribution in [0.1, 0.15) is 40.9 Å². The molecule has 0 saturated carbocycles. The number of methoxy groups -OCH3 is 1. The summed E-state index contributed by atoms with van der Waals surface area (Å²) in [5.74, 6) is -0.297. The highest BCUT2D eigenvalue weighted by atomic mass is 35.5. The smallest absolute Gasteiger partial charge is 0.254 e. The van der Waals surface area contributed by atoms with Crippen molar-refractivity contribution < 1.29 is 13.9 Å². The highest BCUT2D eigenvalue weighted by molar-refractivity contribution is 6.30. The second-order valence-electron chi connectivity index (χ2n) is 5.29. The van der Waals surface area contributed by atoms with Gasteiger partial charge in [-0.05, 0) is 48.7 Å². The fourth-order valence-corrected chi connectivity index (χ4v) is 2.61. The van der Waals surface area contributed by atoms with Crippen LogP contribution in [-0.2, 0) is 0 Å². The summed E-state index contributed by atoms with van der Waals surface area (Å²) in [6.07, 6.45) is 0.687. The predicted octanol–water partition coefficient (Wildman–Crippen LogP) is 4.68. The van der Waals surface area contributed by atoms with Gasteiger partial charge in [0.15, 0.2) is 0 Å². The Morgan fingerprint density at radius 2 is 2.04 bits per heavy atom. The minimum Gasteiger partial charge on any atom is -0.496 e. The van der Waals surface area contributed by atoms with Crippen LogP contribution in [0.15, 0.2) is 36.4 Å². The van der Waals surface area contributed by atoms with Crippen molar-refractivity contribution >= 4 is 17.5 Å². The Balaban J connectivity index is 2.21. The first-order chi connectivity index (χ1) is 11.0. The maximum absolute atomic E-state index is 13.9. The fourth-order valence-electron chi connectivity index (χ4n) is 2.45. The first kappa shape index (κ1) is 17.3. The minimum absolute atomic E-state index is 0.0157. The predicted molar refractivity (Wildman–Crippen MR) is 89.6 cm³/mol. The van der Waals surface area contributed by atoms with Gasteiger partial charge in [-0.2, -0.15) is 0 Å². The van der Waals surface area contributed by atoms with Gasteiger partial charge in [0.1, 0.15) is 11.6 Å². The topological polar surface area (TPSA) is 38.3 Å². The van der Waals surface area contributed by atoms with E-state index < -0.39 is 11.7 Å². The third-order valence-electron chi connectivity index (χ3n) is 3.71. The van der Waals surface area contributed by atoms with E-state index in [9.17, 15) is 9.18 Å². The van der Waals surface area contributed by atoms with E-state index in [4.69, 9.17) is 16.3 Å². The van der Waals surface area contributed by atoms with Crippen molar-refractivity contribution in [3.05, 3.63) is 63.9 Å². The molecule has 1 amide bonds. The highest BCUT2D eigenvalue weighted by Gasteiger charge is 2.18. The maximum atomic E-state index is 13.9. The van der Waals surface area contributed by atoms with Crippen LogP contribution in [0.4, 0.5) is 4.39 Å². The molecule has 2 aromatic rings. The average molecular weight is 336 g/mol. The molecular formula is C18H19ClFNO2. The van der Waals surface area contributed by atoms with Crippen LogP contribution >= 0.6 is 11.6 Å². The van der Waals surface area contributed by atoms with Crippen molar-refractivity contribution in [3.8, 4) is 5.75 Å². The summed E-state index contributed by atoms with van der Waals surface area (Å²) in [5.41, 5.74) is 1.92. The van der Waals surface area contributed by atoms with Crippen molar-refractivity contribution in [2.24, 2.45) is 0 Å². The molecule has 1 N–H and O–H groups in total. The molecule has 0 radical (unpaired) electrons. The molecule has 3 nitrogen and oxygen atoms in total. The number of nitrogens with one attached hydrogen (secondary N) is 1. The number of benzene rings is 2. The lowest BCUT2D eigenvalue weighted by atomic mass is 10.0. The Kier molecular flexibility index (Phi) is 5.61. The number of aryl methyl sites for hydroxylation is 1. The van der Waals surface area contributed by atoms with Crippen molar-refractivity contribution in [1.29, 1.82) is 0 Å². The van der Waals surface area contributed by atoms with Crippen LogP contribution in [-0.4, -0.2) is 13.0 Å². The number of ether oxygens (including phenoxy) is 1. The number of carbonyl (C=O) groups is 1. The summed E-state index contributed by atoms with van der Waals surface area (Å²) < 4.78 is 19.1. The Labute approximate surface area is 140 Å². The van der Waals surface area contributed by atoms with Gasteiger partial charge < -0.3 is 10.1 Å². The first-order valence-corrected chi connectivity index (χ1v) is 7.74. The van der Waals surface area contributed by atoms with Crippen molar-refractivity contribution in [2.75, 3.05) is 7.11 Å². The van der Waals surface area contributed by atoms with Gasteiger partial charge in [-0.15, -0.1) is 0 Å². The zero-order valence-electron chi connectivity index (χ0n) is 13.3. The van der Waals surface area contributed by atoms with Gasteiger partial charge in [0, 0.05) is 5.02 Å². The number of carbonyl (C=O) groups excluding carboxylic acids is 1.